The van der Waals surface area contributed by atoms with Gasteiger partial charge in [-0.1, -0.05) is 26.2 Å². The van der Waals surface area contributed by atoms with Gasteiger partial charge in [0.15, 0.2) is 0 Å². The number of anilines is 1. The fourth-order valence-corrected chi connectivity index (χ4v) is 1.58. The largest absolute Gasteiger partial charge is 0.379 e. The number of nitrogens with zero attached hydrogens (tertiary/aromatic N) is 1. The standard InChI is InChI=1S/C12H17FN2O2/c1-2-3-4-5-8-14-11-7-6-10(13)9-12(11)15(16)17/h6-7,9,14H,2-5,8H2,1H3. The van der Waals surface area contributed by atoms with Crippen molar-refractivity contribution in [2.45, 2.75) is 32.6 Å². The van der Waals surface area contributed by atoms with Crippen molar-refractivity contribution in [2.75, 3.05) is 11.9 Å². The molecule has 94 valence electrons. The summed E-state index contributed by atoms with van der Waals surface area (Å²) in [6.07, 6.45) is 4.37. The molecule has 1 aromatic carbocycles. The molecule has 0 bridgehead atoms. The molecular weight excluding hydrogens is 223 g/mol. The first-order chi connectivity index (χ1) is 8.15. The highest BCUT2D eigenvalue weighted by atomic mass is 19.1. The zero-order valence-electron chi connectivity index (χ0n) is 9.91. The third-order valence-electron chi connectivity index (χ3n) is 2.50. The number of benzene rings is 1. The van der Waals surface area contributed by atoms with E-state index in [0.717, 1.165) is 31.7 Å². The van der Waals surface area contributed by atoms with E-state index in [2.05, 4.69) is 12.2 Å². The summed E-state index contributed by atoms with van der Waals surface area (Å²) in [7, 11) is 0. The van der Waals surface area contributed by atoms with Crippen molar-refractivity contribution in [1.29, 1.82) is 0 Å². The van der Waals surface area contributed by atoms with Crippen molar-refractivity contribution < 1.29 is 9.31 Å². The van der Waals surface area contributed by atoms with Crippen LogP contribution in [0.3, 0.4) is 0 Å². The van der Waals surface area contributed by atoms with Crippen molar-refractivity contribution in [3.05, 3.63) is 34.1 Å². The Morgan fingerprint density at radius 1 is 1.35 bits per heavy atom. The second-order valence-electron chi connectivity index (χ2n) is 3.91. The Hall–Kier alpha value is -1.65. The van der Waals surface area contributed by atoms with Crippen LogP contribution in [0.25, 0.3) is 0 Å². The summed E-state index contributed by atoms with van der Waals surface area (Å²) in [6.45, 7) is 2.80. The lowest BCUT2D eigenvalue weighted by Crippen LogP contribution is -2.04. The normalized spacial score (nSPS) is 10.2. The molecule has 0 amide bonds. The zero-order chi connectivity index (χ0) is 12.7. The highest BCUT2D eigenvalue weighted by Crippen LogP contribution is 2.24. The van der Waals surface area contributed by atoms with Gasteiger partial charge in [0, 0.05) is 6.54 Å². The van der Waals surface area contributed by atoms with Gasteiger partial charge in [-0.3, -0.25) is 10.1 Å². The monoisotopic (exact) mass is 240 g/mol. The van der Waals surface area contributed by atoms with Gasteiger partial charge in [0.1, 0.15) is 11.5 Å². The number of nitro benzene ring substituents is 1. The van der Waals surface area contributed by atoms with E-state index >= 15 is 0 Å². The second-order valence-corrected chi connectivity index (χ2v) is 3.91. The minimum Gasteiger partial charge on any atom is -0.379 e. The average Bonchev–Trinajstić information content (AvgIpc) is 2.30. The number of hydrogen-bond donors (Lipinski definition) is 1. The van der Waals surface area contributed by atoms with Gasteiger partial charge in [-0.15, -0.1) is 0 Å². The van der Waals surface area contributed by atoms with E-state index in [9.17, 15) is 14.5 Å². The summed E-state index contributed by atoms with van der Waals surface area (Å²) in [5.74, 6) is -0.590. The minimum absolute atomic E-state index is 0.208. The number of hydrogen-bond acceptors (Lipinski definition) is 3. The molecule has 0 unspecified atom stereocenters. The van der Waals surface area contributed by atoms with Crippen LogP contribution in [-0.2, 0) is 0 Å². The first-order valence-corrected chi connectivity index (χ1v) is 5.83. The third-order valence-corrected chi connectivity index (χ3v) is 2.50. The van der Waals surface area contributed by atoms with Gasteiger partial charge in [-0.2, -0.15) is 0 Å². The molecule has 17 heavy (non-hydrogen) atoms. The Morgan fingerprint density at radius 3 is 2.76 bits per heavy atom. The van der Waals surface area contributed by atoms with Crippen LogP contribution in [0.15, 0.2) is 18.2 Å². The molecular formula is C12H17FN2O2. The maximum absolute atomic E-state index is 12.9. The first kappa shape index (κ1) is 13.4. The van der Waals surface area contributed by atoms with E-state index < -0.39 is 10.7 Å². The van der Waals surface area contributed by atoms with Crippen molar-refractivity contribution in [3.63, 3.8) is 0 Å². The minimum atomic E-state index is -0.590. The third kappa shape index (κ3) is 4.38. The van der Waals surface area contributed by atoms with Gasteiger partial charge in [0.05, 0.1) is 11.0 Å². The van der Waals surface area contributed by atoms with Crippen molar-refractivity contribution in [2.24, 2.45) is 0 Å². The van der Waals surface area contributed by atoms with E-state index in [1.165, 1.54) is 12.1 Å². The molecule has 0 saturated heterocycles. The van der Waals surface area contributed by atoms with Gasteiger partial charge in [-0.25, -0.2) is 4.39 Å². The molecule has 0 spiro atoms. The summed E-state index contributed by atoms with van der Waals surface area (Å²) in [4.78, 5) is 10.1. The second kappa shape index (κ2) is 6.83. The molecule has 0 radical (unpaired) electrons. The van der Waals surface area contributed by atoms with E-state index in [1.807, 2.05) is 0 Å². The molecule has 1 N–H and O–H groups in total. The van der Waals surface area contributed by atoms with Crippen LogP contribution >= 0.6 is 0 Å². The van der Waals surface area contributed by atoms with Crippen molar-refractivity contribution >= 4 is 11.4 Å². The Bertz CT molecular complexity index is 383. The molecule has 1 rings (SSSR count). The molecule has 0 aromatic heterocycles. The van der Waals surface area contributed by atoms with E-state index in [-0.39, 0.29) is 5.69 Å². The quantitative estimate of drug-likeness (QED) is 0.449. The summed E-state index contributed by atoms with van der Waals surface area (Å²) < 4.78 is 12.9. The lowest BCUT2D eigenvalue weighted by molar-refractivity contribution is -0.384. The Morgan fingerprint density at radius 2 is 2.12 bits per heavy atom. The van der Waals surface area contributed by atoms with Crippen LogP contribution in [0, 0.1) is 15.9 Å². The molecule has 0 heterocycles. The Kier molecular flexibility index (Phi) is 5.39. The van der Waals surface area contributed by atoms with Crippen LogP contribution < -0.4 is 5.32 Å². The molecule has 0 aliphatic heterocycles. The fraction of sp³-hybridized carbons (Fsp3) is 0.500. The predicted octanol–water partition coefficient (Wildman–Crippen LogP) is 3.73. The van der Waals surface area contributed by atoms with Crippen LogP contribution in [-0.4, -0.2) is 11.5 Å². The van der Waals surface area contributed by atoms with E-state index in [1.54, 1.807) is 0 Å². The topological polar surface area (TPSA) is 55.2 Å². The lowest BCUT2D eigenvalue weighted by atomic mass is 10.2. The summed E-state index contributed by atoms with van der Waals surface area (Å²) in [6, 6.07) is 3.57. The SMILES string of the molecule is CCCCCCNc1ccc(F)cc1[N+](=O)[O-]. The summed E-state index contributed by atoms with van der Waals surface area (Å²) in [5.41, 5.74) is 0.174. The smallest absolute Gasteiger partial charge is 0.295 e. The molecule has 0 fully saturated rings. The van der Waals surface area contributed by atoms with Crippen LogP contribution in [0.4, 0.5) is 15.8 Å². The molecule has 0 aliphatic carbocycles. The van der Waals surface area contributed by atoms with Gasteiger partial charge in [-0.05, 0) is 18.6 Å². The number of nitrogens with one attached hydrogen (secondary N) is 1. The molecule has 0 saturated carbocycles. The van der Waals surface area contributed by atoms with Gasteiger partial charge in [0.2, 0.25) is 0 Å². The molecule has 1 aromatic rings. The van der Waals surface area contributed by atoms with Crippen molar-refractivity contribution in [1.82, 2.24) is 0 Å². The highest BCUT2D eigenvalue weighted by Gasteiger charge is 2.13. The summed E-state index contributed by atoms with van der Waals surface area (Å²) >= 11 is 0. The van der Waals surface area contributed by atoms with Gasteiger partial charge in [0.25, 0.3) is 5.69 Å². The Balaban J connectivity index is 2.55. The zero-order valence-corrected chi connectivity index (χ0v) is 9.91. The number of nitro groups is 1. The molecule has 4 nitrogen and oxygen atoms in total. The molecule has 0 atom stereocenters. The number of unbranched alkanes of at least 4 members (excludes halogenated alkanes) is 3. The van der Waals surface area contributed by atoms with Crippen LogP contribution in [0.2, 0.25) is 0 Å². The lowest BCUT2D eigenvalue weighted by Gasteiger charge is -2.06. The fourth-order valence-electron chi connectivity index (χ4n) is 1.58. The van der Waals surface area contributed by atoms with Crippen LogP contribution in [0.5, 0.6) is 0 Å². The van der Waals surface area contributed by atoms with Crippen LogP contribution in [0.1, 0.15) is 32.6 Å². The highest BCUT2D eigenvalue weighted by molar-refractivity contribution is 5.61. The summed E-state index contributed by atoms with van der Waals surface area (Å²) in [5, 5.41) is 13.7. The number of rotatable bonds is 7. The van der Waals surface area contributed by atoms with E-state index in [0.29, 0.717) is 12.2 Å². The maximum atomic E-state index is 12.9. The average molecular weight is 240 g/mol. The van der Waals surface area contributed by atoms with E-state index in [4.69, 9.17) is 0 Å². The molecule has 5 heteroatoms. The predicted molar refractivity (Wildman–Crippen MR) is 65.7 cm³/mol. The van der Waals surface area contributed by atoms with Crippen molar-refractivity contribution in [3.8, 4) is 0 Å². The first-order valence-electron chi connectivity index (χ1n) is 5.83. The van der Waals surface area contributed by atoms with Gasteiger partial charge >= 0.3 is 0 Å². The maximum Gasteiger partial charge on any atom is 0.295 e. The molecule has 0 aliphatic rings. The number of halogens is 1. The van der Waals surface area contributed by atoms with Gasteiger partial charge < -0.3 is 5.32 Å². The Labute approximate surface area is 100.0 Å².